The van der Waals surface area contributed by atoms with Crippen LogP contribution in [0.4, 0.5) is 0 Å². The molecule has 1 aromatic heterocycles. The third-order valence-corrected chi connectivity index (χ3v) is 2.24. The van der Waals surface area contributed by atoms with E-state index in [1.165, 1.54) is 5.57 Å². The fourth-order valence-corrected chi connectivity index (χ4v) is 1.47. The van der Waals surface area contributed by atoms with Crippen LogP contribution in [0.3, 0.4) is 0 Å². The molecule has 0 radical (unpaired) electrons. The van der Waals surface area contributed by atoms with E-state index in [9.17, 15) is 0 Å². The van der Waals surface area contributed by atoms with E-state index < -0.39 is 0 Å². The van der Waals surface area contributed by atoms with Crippen LogP contribution in [-0.4, -0.2) is 17.6 Å². The van der Waals surface area contributed by atoms with Crippen LogP contribution in [0.1, 0.15) is 26.5 Å². The van der Waals surface area contributed by atoms with E-state index in [4.69, 9.17) is 0 Å². The van der Waals surface area contributed by atoms with Gasteiger partial charge in [0.25, 0.3) is 0 Å². The van der Waals surface area contributed by atoms with Crippen molar-refractivity contribution in [1.82, 2.24) is 10.3 Å². The standard InChI is InChI=1S/C10H16N2S/c1-8(2)11-5-9(3)4-10-6-13-7-12-10/h4,6-8,11H,5H2,1-3H3. The zero-order chi connectivity index (χ0) is 9.68. The van der Waals surface area contributed by atoms with Gasteiger partial charge in [0.15, 0.2) is 0 Å². The Morgan fingerprint density at radius 3 is 3.00 bits per heavy atom. The third-order valence-electron chi connectivity index (χ3n) is 1.63. The number of nitrogens with zero attached hydrogens (tertiary/aromatic N) is 1. The lowest BCUT2D eigenvalue weighted by Gasteiger charge is -2.07. The molecule has 0 bridgehead atoms. The smallest absolute Gasteiger partial charge is 0.0798 e. The van der Waals surface area contributed by atoms with Crippen molar-refractivity contribution < 1.29 is 0 Å². The number of hydrogen-bond acceptors (Lipinski definition) is 3. The maximum atomic E-state index is 4.20. The van der Waals surface area contributed by atoms with Crippen molar-refractivity contribution >= 4 is 17.4 Å². The Morgan fingerprint density at radius 1 is 1.69 bits per heavy atom. The van der Waals surface area contributed by atoms with Gasteiger partial charge < -0.3 is 5.32 Å². The summed E-state index contributed by atoms with van der Waals surface area (Å²) in [7, 11) is 0. The third kappa shape index (κ3) is 4.20. The molecule has 2 nitrogen and oxygen atoms in total. The minimum Gasteiger partial charge on any atom is -0.311 e. The predicted octanol–water partition coefficient (Wildman–Crippen LogP) is 2.54. The highest BCUT2D eigenvalue weighted by molar-refractivity contribution is 7.07. The number of aromatic nitrogens is 1. The van der Waals surface area contributed by atoms with Gasteiger partial charge in [-0.3, -0.25) is 0 Å². The zero-order valence-corrected chi connectivity index (χ0v) is 9.19. The molecule has 0 aliphatic carbocycles. The molecule has 0 fully saturated rings. The summed E-state index contributed by atoms with van der Waals surface area (Å²) in [6.07, 6.45) is 2.12. The fourth-order valence-electron chi connectivity index (χ4n) is 0.962. The molecule has 72 valence electrons. The maximum Gasteiger partial charge on any atom is 0.0798 e. The molecule has 0 unspecified atom stereocenters. The summed E-state index contributed by atoms with van der Waals surface area (Å²) in [5, 5.41) is 5.42. The van der Waals surface area contributed by atoms with Crippen LogP contribution in [0.5, 0.6) is 0 Å². The summed E-state index contributed by atoms with van der Waals surface area (Å²) in [6.45, 7) is 7.36. The molecule has 0 atom stereocenters. The van der Waals surface area contributed by atoms with Crippen molar-refractivity contribution in [2.45, 2.75) is 26.8 Å². The van der Waals surface area contributed by atoms with E-state index in [0.29, 0.717) is 6.04 Å². The van der Waals surface area contributed by atoms with E-state index in [-0.39, 0.29) is 0 Å². The molecule has 0 aliphatic rings. The number of hydrogen-bond donors (Lipinski definition) is 1. The van der Waals surface area contributed by atoms with E-state index in [2.05, 4.69) is 42.5 Å². The monoisotopic (exact) mass is 196 g/mol. The largest absolute Gasteiger partial charge is 0.311 e. The van der Waals surface area contributed by atoms with Crippen molar-refractivity contribution in [3.8, 4) is 0 Å². The lowest BCUT2D eigenvalue weighted by Crippen LogP contribution is -2.24. The Morgan fingerprint density at radius 2 is 2.46 bits per heavy atom. The highest BCUT2D eigenvalue weighted by Gasteiger charge is 1.94. The SMILES string of the molecule is CC(=Cc1cscn1)CNC(C)C. The maximum absolute atomic E-state index is 4.20. The van der Waals surface area contributed by atoms with E-state index in [0.717, 1.165) is 12.2 Å². The van der Waals surface area contributed by atoms with E-state index in [1.54, 1.807) is 11.3 Å². The quantitative estimate of drug-likeness (QED) is 0.800. The van der Waals surface area contributed by atoms with Crippen molar-refractivity contribution in [3.63, 3.8) is 0 Å². The average Bonchev–Trinajstić information content (AvgIpc) is 2.53. The van der Waals surface area contributed by atoms with Gasteiger partial charge in [-0.15, -0.1) is 11.3 Å². The molecule has 1 rings (SSSR count). The number of nitrogens with one attached hydrogen (secondary N) is 1. The van der Waals surface area contributed by atoms with E-state index >= 15 is 0 Å². The minimum atomic E-state index is 0.541. The predicted molar refractivity (Wildman–Crippen MR) is 58.9 cm³/mol. The first-order chi connectivity index (χ1) is 6.18. The molecule has 0 amide bonds. The molecule has 1 aromatic rings. The van der Waals surface area contributed by atoms with Crippen molar-refractivity contribution in [1.29, 1.82) is 0 Å². The van der Waals surface area contributed by atoms with Crippen LogP contribution in [0.2, 0.25) is 0 Å². The molecular weight excluding hydrogens is 180 g/mol. The van der Waals surface area contributed by atoms with Crippen LogP contribution in [-0.2, 0) is 0 Å². The Labute approximate surface area is 83.7 Å². The Balaban J connectivity index is 2.43. The summed E-state index contributed by atoms with van der Waals surface area (Å²) >= 11 is 1.63. The Kier molecular flexibility index (Phi) is 4.12. The number of rotatable bonds is 4. The van der Waals surface area contributed by atoms with Crippen molar-refractivity contribution in [2.24, 2.45) is 0 Å². The molecule has 1 N–H and O–H groups in total. The van der Waals surface area contributed by atoms with Crippen LogP contribution in [0.25, 0.3) is 6.08 Å². The second-order valence-corrected chi connectivity index (χ2v) is 4.16. The number of thiazole rings is 1. The van der Waals surface area contributed by atoms with E-state index in [1.807, 2.05) is 5.51 Å². The van der Waals surface area contributed by atoms with Gasteiger partial charge in [0, 0.05) is 18.0 Å². The van der Waals surface area contributed by atoms with Crippen LogP contribution in [0.15, 0.2) is 16.5 Å². The molecular formula is C10H16N2S. The van der Waals surface area contributed by atoms with Crippen LogP contribution >= 0.6 is 11.3 Å². The second-order valence-electron chi connectivity index (χ2n) is 3.44. The summed E-state index contributed by atoms with van der Waals surface area (Å²) in [6, 6.07) is 0.541. The van der Waals surface area contributed by atoms with Gasteiger partial charge in [-0.05, 0) is 13.0 Å². The first kappa shape index (κ1) is 10.4. The van der Waals surface area contributed by atoms with Crippen LogP contribution < -0.4 is 5.32 Å². The highest BCUT2D eigenvalue weighted by atomic mass is 32.1. The Hall–Kier alpha value is -0.670. The average molecular weight is 196 g/mol. The summed E-state index contributed by atoms with van der Waals surface area (Å²) in [5.74, 6) is 0. The van der Waals surface area contributed by atoms with Crippen molar-refractivity contribution in [2.75, 3.05) is 6.54 Å². The van der Waals surface area contributed by atoms with Gasteiger partial charge in [-0.25, -0.2) is 4.98 Å². The fraction of sp³-hybridized carbons (Fsp3) is 0.500. The lowest BCUT2D eigenvalue weighted by atomic mass is 10.2. The Bertz CT molecular complexity index is 262. The summed E-state index contributed by atoms with van der Waals surface area (Å²) < 4.78 is 0. The second kappa shape index (κ2) is 5.14. The lowest BCUT2D eigenvalue weighted by molar-refractivity contribution is 0.622. The molecule has 1 heterocycles. The molecule has 0 aromatic carbocycles. The molecule has 0 spiro atoms. The first-order valence-corrected chi connectivity index (χ1v) is 5.41. The van der Waals surface area contributed by atoms with Gasteiger partial charge in [0.2, 0.25) is 0 Å². The van der Waals surface area contributed by atoms with Gasteiger partial charge in [0.05, 0.1) is 11.2 Å². The molecule has 13 heavy (non-hydrogen) atoms. The minimum absolute atomic E-state index is 0.541. The molecule has 0 saturated carbocycles. The molecule has 3 heteroatoms. The topological polar surface area (TPSA) is 24.9 Å². The highest BCUT2D eigenvalue weighted by Crippen LogP contribution is 2.06. The van der Waals surface area contributed by atoms with Gasteiger partial charge in [-0.2, -0.15) is 0 Å². The van der Waals surface area contributed by atoms with Crippen molar-refractivity contribution in [3.05, 3.63) is 22.2 Å². The van der Waals surface area contributed by atoms with Crippen LogP contribution in [0, 0.1) is 0 Å². The van der Waals surface area contributed by atoms with Gasteiger partial charge in [0.1, 0.15) is 0 Å². The molecule has 0 saturated heterocycles. The summed E-state index contributed by atoms with van der Waals surface area (Å²) in [5.41, 5.74) is 4.24. The summed E-state index contributed by atoms with van der Waals surface area (Å²) in [4.78, 5) is 4.20. The zero-order valence-electron chi connectivity index (χ0n) is 8.37. The first-order valence-electron chi connectivity index (χ1n) is 4.47. The molecule has 0 aliphatic heterocycles. The normalized spacial score (nSPS) is 12.5. The van der Waals surface area contributed by atoms with Gasteiger partial charge >= 0.3 is 0 Å². The van der Waals surface area contributed by atoms with Gasteiger partial charge in [-0.1, -0.05) is 19.4 Å².